The van der Waals surface area contributed by atoms with E-state index in [0.717, 1.165) is 18.5 Å². The first kappa shape index (κ1) is 18.1. The van der Waals surface area contributed by atoms with Crippen molar-refractivity contribution in [2.75, 3.05) is 5.32 Å². The molecule has 0 radical (unpaired) electrons. The number of rotatable bonds is 6. The first-order valence-electron chi connectivity index (χ1n) is 10.5. The van der Waals surface area contributed by atoms with Gasteiger partial charge in [0.05, 0.1) is 29.1 Å². The number of aromatic nitrogens is 2. The maximum absolute atomic E-state index is 12.7. The van der Waals surface area contributed by atoms with E-state index in [4.69, 9.17) is 10.7 Å². The van der Waals surface area contributed by atoms with E-state index < -0.39 is 5.54 Å². The summed E-state index contributed by atoms with van der Waals surface area (Å²) >= 11 is 0. The van der Waals surface area contributed by atoms with Gasteiger partial charge in [0.1, 0.15) is 5.54 Å². The first-order valence-corrected chi connectivity index (χ1v) is 10.5. The van der Waals surface area contributed by atoms with Gasteiger partial charge in [-0.2, -0.15) is 0 Å². The van der Waals surface area contributed by atoms with E-state index in [1.165, 1.54) is 10.5 Å². The van der Waals surface area contributed by atoms with Crippen molar-refractivity contribution >= 4 is 29.1 Å². The number of pyridine rings is 1. The predicted octanol–water partition coefficient (Wildman–Crippen LogP) is 2.44. The lowest BCUT2D eigenvalue weighted by molar-refractivity contribution is -0.119. The number of hydrogen-bond acceptors (Lipinski definition) is 5. The number of imide groups is 1. The minimum Gasteiger partial charge on any atom is -0.368 e. The minimum absolute atomic E-state index is 0.0905. The van der Waals surface area contributed by atoms with Gasteiger partial charge in [0.25, 0.3) is 11.8 Å². The standard InChI is InChI=1S/C23H21N5O3/c24-22(31)23(7-8-23)26-18-9-14(13-5-6-13)10-27-11-15(25-19(18)27)12-28-20(29)16-3-1-2-4-17(16)21(28)30/h1-4,9-11,13,26H,5-8,12H2,(H2,24,31). The molecule has 0 atom stereocenters. The van der Waals surface area contributed by atoms with Gasteiger partial charge in [-0.1, -0.05) is 12.1 Å². The molecule has 0 bridgehead atoms. The van der Waals surface area contributed by atoms with Crippen molar-refractivity contribution in [3.05, 3.63) is 65.1 Å². The molecule has 2 aromatic heterocycles. The zero-order valence-electron chi connectivity index (χ0n) is 16.8. The second-order valence-corrected chi connectivity index (χ2v) is 8.74. The topological polar surface area (TPSA) is 110 Å². The summed E-state index contributed by atoms with van der Waals surface area (Å²) in [5.74, 6) is -0.461. The fraction of sp³-hybridized carbons (Fsp3) is 0.304. The van der Waals surface area contributed by atoms with Crippen LogP contribution in [-0.2, 0) is 11.3 Å². The summed E-state index contributed by atoms with van der Waals surface area (Å²) in [7, 11) is 0. The Morgan fingerprint density at radius 2 is 1.81 bits per heavy atom. The second-order valence-electron chi connectivity index (χ2n) is 8.74. The van der Waals surface area contributed by atoms with Crippen LogP contribution in [0.25, 0.3) is 5.65 Å². The van der Waals surface area contributed by atoms with Crippen molar-refractivity contribution in [3.63, 3.8) is 0 Å². The Morgan fingerprint density at radius 1 is 1.13 bits per heavy atom. The van der Waals surface area contributed by atoms with Crippen molar-refractivity contribution in [1.82, 2.24) is 14.3 Å². The van der Waals surface area contributed by atoms with Crippen molar-refractivity contribution in [1.29, 1.82) is 0 Å². The van der Waals surface area contributed by atoms with Crippen LogP contribution in [0.1, 0.15) is 63.6 Å². The molecule has 2 fully saturated rings. The van der Waals surface area contributed by atoms with Crippen molar-refractivity contribution in [3.8, 4) is 0 Å². The smallest absolute Gasteiger partial charge is 0.261 e. The highest BCUT2D eigenvalue weighted by Crippen LogP contribution is 2.44. The van der Waals surface area contributed by atoms with Crippen molar-refractivity contribution in [2.24, 2.45) is 5.73 Å². The lowest BCUT2D eigenvalue weighted by atomic mass is 10.1. The molecule has 3 amide bonds. The highest BCUT2D eigenvalue weighted by molar-refractivity contribution is 6.21. The van der Waals surface area contributed by atoms with Crippen molar-refractivity contribution < 1.29 is 14.4 Å². The molecular weight excluding hydrogens is 394 g/mol. The van der Waals surface area contributed by atoms with Crippen LogP contribution in [0.15, 0.2) is 42.7 Å². The molecule has 6 rings (SSSR count). The molecule has 1 aliphatic heterocycles. The predicted molar refractivity (Wildman–Crippen MR) is 113 cm³/mol. The van der Waals surface area contributed by atoms with E-state index in [9.17, 15) is 14.4 Å². The number of hydrogen-bond donors (Lipinski definition) is 2. The molecule has 0 saturated heterocycles. The molecule has 156 valence electrons. The normalized spacial score (nSPS) is 19.0. The number of nitrogens with two attached hydrogens (primary N) is 1. The Bertz CT molecular complexity index is 1250. The number of nitrogens with one attached hydrogen (secondary N) is 1. The monoisotopic (exact) mass is 415 g/mol. The molecule has 3 heterocycles. The number of carbonyl (C=O) groups is 3. The van der Waals surface area contributed by atoms with Crippen LogP contribution in [0, 0.1) is 0 Å². The molecule has 1 aromatic carbocycles. The highest BCUT2D eigenvalue weighted by Gasteiger charge is 2.49. The lowest BCUT2D eigenvalue weighted by Gasteiger charge is -2.16. The van der Waals surface area contributed by atoms with Gasteiger partial charge >= 0.3 is 0 Å². The maximum atomic E-state index is 12.7. The summed E-state index contributed by atoms with van der Waals surface area (Å²) in [5.41, 5.74) is 8.95. The van der Waals surface area contributed by atoms with Gasteiger partial charge < -0.3 is 15.5 Å². The Morgan fingerprint density at radius 3 is 2.39 bits per heavy atom. The van der Waals surface area contributed by atoms with Crippen LogP contribution in [-0.4, -0.2) is 37.5 Å². The summed E-state index contributed by atoms with van der Waals surface area (Å²) in [6, 6.07) is 8.89. The Balaban J connectivity index is 1.36. The first-order chi connectivity index (χ1) is 14.9. The van der Waals surface area contributed by atoms with E-state index in [-0.39, 0.29) is 24.3 Å². The van der Waals surface area contributed by atoms with Gasteiger partial charge in [-0.05, 0) is 55.4 Å². The Kier molecular flexibility index (Phi) is 3.60. The van der Waals surface area contributed by atoms with Crippen molar-refractivity contribution in [2.45, 2.75) is 43.7 Å². The number of primary amides is 1. The number of fused-ring (bicyclic) bond motifs is 2. The molecule has 3 aromatic rings. The van der Waals surface area contributed by atoms with Gasteiger partial charge in [-0.15, -0.1) is 0 Å². The van der Waals surface area contributed by atoms with Gasteiger partial charge in [-0.25, -0.2) is 4.98 Å². The number of amides is 3. The fourth-order valence-corrected chi connectivity index (χ4v) is 4.34. The molecule has 8 nitrogen and oxygen atoms in total. The van der Waals surface area contributed by atoms with Crippen LogP contribution in [0.3, 0.4) is 0 Å². The number of benzene rings is 1. The maximum Gasteiger partial charge on any atom is 0.261 e. The van der Waals surface area contributed by atoms with Crippen LogP contribution in [0.4, 0.5) is 5.69 Å². The fourth-order valence-electron chi connectivity index (χ4n) is 4.34. The second kappa shape index (κ2) is 6.16. The molecule has 8 heteroatoms. The number of imidazole rings is 1. The number of anilines is 1. The molecule has 31 heavy (non-hydrogen) atoms. The third-order valence-electron chi connectivity index (χ3n) is 6.46. The van der Waals surface area contributed by atoms with E-state index in [2.05, 4.69) is 11.4 Å². The van der Waals surface area contributed by atoms with Crippen LogP contribution in [0.2, 0.25) is 0 Å². The molecule has 2 aliphatic carbocycles. The van der Waals surface area contributed by atoms with Gasteiger partial charge in [0.15, 0.2) is 5.65 Å². The van der Waals surface area contributed by atoms with Gasteiger partial charge in [-0.3, -0.25) is 19.3 Å². The molecule has 0 unspecified atom stereocenters. The highest BCUT2D eigenvalue weighted by atomic mass is 16.2. The molecule has 0 spiro atoms. The molecule has 3 aliphatic rings. The van der Waals surface area contributed by atoms with E-state index in [1.54, 1.807) is 24.3 Å². The summed E-state index contributed by atoms with van der Waals surface area (Å²) < 4.78 is 1.92. The summed E-state index contributed by atoms with van der Waals surface area (Å²) in [4.78, 5) is 43.3. The third kappa shape index (κ3) is 2.82. The molecular formula is C23H21N5O3. The average molecular weight is 415 g/mol. The lowest BCUT2D eigenvalue weighted by Crippen LogP contribution is -2.37. The van der Waals surface area contributed by atoms with Gasteiger partial charge in [0.2, 0.25) is 5.91 Å². The van der Waals surface area contributed by atoms with Crippen LogP contribution >= 0.6 is 0 Å². The van der Waals surface area contributed by atoms with E-state index >= 15 is 0 Å². The Labute approximate surface area is 178 Å². The molecule has 3 N–H and O–H groups in total. The summed E-state index contributed by atoms with van der Waals surface area (Å²) in [6.45, 7) is 0.0905. The third-order valence-corrected chi connectivity index (χ3v) is 6.46. The SMILES string of the molecule is NC(=O)C1(Nc2cc(C3CC3)cn3cc(CN4C(=O)c5ccccc5C4=O)nc23)CC1. The number of nitrogens with zero attached hydrogens (tertiary/aromatic N) is 3. The quantitative estimate of drug-likeness (QED) is 0.601. The summed E-state index contributed by atoms with van der Waals surface area (Å²) in [5, 5.41) is 3.33. The average Bonchev–Trinajstić information content (AvgIpc) is 3.68. The summed E-state index contributed by atoms with van der Waals surface area (Å²) in [6.07, 6.45) is 7.57. The zero-order valence-corrected chi connectivity index (χ0v) is 16.8. The Hall–Kier alpha value is -3.68. The molecule has 2 saturated carbocycles. The zero-order chi connectivity index (χ0) is 21.3. The van der Waals surface area contributed by atoms with E-state index in [0.29, 0.717) is 41.2 Å². The largest absolute Gasteiger partial charge is 0.368 e. The van der Waals surface area contributed by atoms with Crippen LogP contribution < -0.4 is 11.1 Å². The minimum atomic E-state index is -0.711. The van der Waals surface area contributed by atoms with E-state index in [1.807, 2.05) is 16.8 Å². The van der Waals surface area contributed by atoms with Crippen LogP contribution in [0.5, 0.6) is 0 Å². The number of carbonyl (C=O) groups excluding carboxylic acids is 3. The van der Waals surface area contributed by atoms with Gasteiger partial charge in [0, 0.05) is 12.4 Å².